The predicted octanol–water partition coefficient (Wildman–Crippen LogP) is 0.982. The molecular formula is C12H19N3O3. The van der Waals surface area contributed by atoms with Crippen molar-refractivity contribution in [3.8, 4) is 6.01 Å². The van der Waals surface area contributed by atoms with E-state index in [0.29, 0.717) is 6.61 Å². The van der Waals surface area contributed by atoms with Gasteiger partial charge in [0.25, 0.3) is 0 Å². The van der Waals surface area contributed by atoms with E-state index in [2.05, 4.69) is 9.97 Å². The molecular weight excluding hydrogens is 234 g/mol. The summed E-state index contributed by atoms with van der Waals surface area (Å²) in [7, 11) is 3.89. The molecule has 1 aromatic rings. The zero-order valence-corrected chi connectivity index (χ0v) is 11.2. The highest BCUT2D eigenvalue weighted by atomic mass is 16.5. The molecule has 1 rings (SSSR count). The third-order valence-electron chi connectivity index (χ3n) is 1.96. The van der Waals surface area contributed by atoms with Crippen LogP contribution in [0.25, 0.3) is 0 Å². The van der Waals surface area contributed by atoms with Crippen LogP contribution in [0.4, 0.5) is 0 Å². The summed E-state index contributed by atoms with van der Waals surface area (Å²) < 4.78 is 10.4. The molecule has 6 heteroatoms. The van der Waals surface area contributed by atoms with Crippen LogP contribution in [-0.2, 0) is 4.74 Å². The van der Waals surface area contributed by atoms with Crippen molar-refractivity contribution in [3.63, 3.8) is 0 Å². The van der Waals surface area contributed by atoms with Crippen molar-refractivity contribution in [3.05, 3.63) is 18.0 Å². The van der Waals surface area contributed by atoms with Crippen LogP contribution in [0.2, 0.25) is 0 Å². The Morgan fingerprint density at radius 1 is 1.44 bits per heavy atom. The van der Waals surface area contributed by atoms with Crippen LogP contribution in [0.3, 0.4) is 0 Å². The van der Waals surface area contributed by atoms with Crippen molar-refractivity contribution in [1.29, 1.82) is 0 Å². The minimum Gasteiger partial charge on any atom is -0.462 e. The van der Waals surface area contributed by atoms with Gasteiger partial charge in [-0.05, 0) is 34.0 Å². The Hall–Kier alpha value is -1.69. The fourth-order valence-corrected chi connectivity index (χ4v) is 1.12. The van der Waals surface area contributed by atoms with Gasteiger partial charge in [0.2, 0.25) is 0 Å². The van der Waals surface area contributed by atoms with Crippen LogP contribution >= 0.6 is 0 Å². The van der Waals surface area contributed by atoms with Crippen LogP contribution in [0.5, 0.6) is 6.01 Å². The molecule has 100 valence electrons. The molecule has 0 saturated heterocycles. The summed E-state index contributed by atoms with van der Waals surface area (Å²) >= 11 is 0. The van der Waals surface area contributed by atoms with Gasteiger partial charge >= 0.3 is 12.0 Å². The summed E-state index contributed by atoms with van der Waals surface area (Å²) in [5, 5.41) is 0. The van der Waals surface area contributed by atoms with Gasteiger partial charge < -0.3 is 14.4 Å². The Morgan fingerprint density at radius 2 is 2.17 bits per heavy atom. The molecule has 0 N–H and O–H groups in total. The Balaban J connectivity index is 2.59. The maximum atomic E-state index is 11.6. The third kappa shape index (κ3) is 5.09. The number of aromatic nitrogens is 2. The smallest absolute Gasteiger partial charge is 0.357 e. The average Bonchev–Trinajstić information content (AvgIpc) is 2.28. The van der Waals surface area contributed by atoms with E-state index < -0.39 is 5.97 Å². The van der Waals surface area contributed by atoms with E-state index in [0.717, 1.165) is 6.54 Å². The number of esters is 1. The lowest BCUT2D eigenvalue weighted by Gasteiger charge is -2.10. The number of hydrogen-bond acceptors (Lipinski definition) is 6. The molecule has 0 amide bonds. The van der Waals surface area contributed by atoms with Crippen molar-refractivity contribution in [2.24, 2.45) is 0 Å². The number of rotatable bonds is 6. The van der Waals surface area contributed by atoms with Crippen molar-refractivity contribution in [2.45, 2.75) is 20.0 Å². The van der Waals surface area contributed by atoms with Crippen LogP contribution in [0.15, 0.2) is 12.3 Å². The largest absolute Gasteiger partial charge is 0.462 e. The van der Waals surface area contributed by atoms with Crippen molar-refractivity contribution >= 4 is 5.97 Å². The van der Waals surface area contributed by atoms with Crippen molar-refractivity contribution in [2.75, 3.05) is 27.2 Å². The number of nitrogens with zero attached hydrogens (tertiary/aromatic N) is 3. The molecule has 0 bridgehead atoms. The first-order valence-corrected chi connectivity index (χ1v) is 5.80. The second-order valence-corrected chi connectivity index (χ2v) is 4.33. The minimum absolute atomic E-state index is 0.175. The summed E-state index contributed by atoms with van der Waals surface area (Å²) in [4.78, 5) is 21.5. The van der Waals surface area contributed by atoms with Crippen molar-refractivity contribution in [1.82, 2.24) is 14.9 Å². The monoisotopic (exact) mass is 253 g/mol. The van der Waals surface area contributed by atoms with Crippen LogP contribution in [-0.4, -0.2) is 54.2 Å². The van der Waals surface area contributed by atoms with Crippen LogP contribution < -0.4 is 4.74 Å². The molecule has 0 aliphatic carbocycles. The highest BCUT2D eigenvalue weighted by Crippen LogP contribution is 2.05. The maximum absolute atomic E-state index is 11.6. The highest BCUT2D eigenvalue weighted by Gasteiger charge is 2.12. The molecule has 6 nitrogen and oxygen atoms in total. The molecule has 0 aliphatic rings. The summed E-state index contributed by atoms with van der Waals surface area (Å²) in [6, 6.07) is 1.69. The van der Waals surface area contributed by atoms with E-state index in [1.54, 1.807) is 13.8 Å². The summed E-state index contributed by atoms with van der Waals surface area (Å²) in [5.74, 6) is -0.468. The lowest BCUT2D eigenvalue weighted by Crippen LogP contribution is -2.20. The molecule has 0 unspecified atom stereocenters. The average molecular weight is 253 g/mol. The molecule has 1 heterocycles. The Kier molecular flexibility index (Phi) is 5.51. The highest BCUT2D eigenvalue weighted by molar-refractivity contribution is 5.87. The topological polar surface area (TPSA) is 64.6 Å². The number of carbonyl (C=O) groups excluding carboxylic acids is 1. The summed E-state index contributed by atoms with van der Waals surface area (Å²) in [5.41, 5.74) is 0.207. The van der Waals surface area contributed by atoms with Gasteiger partial charge in [-0.15, -0.1) is 0 Å². The second-order valence-electron chi connectivity index (χ2n) is 4.33. The molecule has 0 atom stereocenters. The van der Waals surface area contributed by atoms with Crippen LogP contribution in [0.1, 0.15) is 24.3 Å². The molecule has 0 fully saturated rings. The molecule has 0 aromatic carbocycles. The number of ether oxygens (including phenoxy) is 2. The lowest BCUT2D eigenvalue weighted by atomic mass is 10.4. The van der Waals surface area contributed by atoms with Gasteiger partial charge in [0.15, 0.2) is 5.69 Å². The molecule has 18 heavy (non-hydrogen) atoms. The Bertz CT molecular complexity index is 394. The lowest BCUT2D eigenvalue weighted by molar-refractivity contribution is 0.0369. The quantitative estimate of drug-likeness (QED) is 0.704. The van der Waals surface area contributed by atoms with Gasteiger partial charge in [0, 0.05) is 12.7 Å². The third-order valence-corrected chi connectivity index (χ3v) is 1.96. The van der Waals surface area contributed by atoms with Crippen LogP contribution in [0, 0.1) is 0 Å². The summed E-state index contributed by atoms with van der Waals surface area (Å²) in [6.07, 6.45) is 1.31. The number of hydrogen-bond donors (Lipinski definition) is 0. The van der Waals surface area contributed by atoms with Gasteiger partial charge in [-0.25, -0.2) is 9.78 Å². The van der Waals surface area contributed by atoms with Gasteiger partial charge in [0.1, 0.15) is 6.61 Å². The van der Waals surface area contributed by atoms with Gasteiger partial charge in [-0.3, -0.25) is 0 Å². The predicted molar refractivity (Wildman–Crippen MR) is 66.6 cm³/mol. The van der Waals surface area contributed by atoms with E-state index in [9.17, 15) is 4.79 Å². The normalized spacial score (nSPS) is 10.8. The van der Waals surface area contributed by atoms with E-state index >= 15 is 0 Å². The van der Waals surface area contributed by atoms with E-state index in [1.807, 2.05) is 19.0 Å². The molecule has 0 radical (unpaired) electrons. The molecule has 0 aliphatic heterocycles. The fraction of sp³-hybridized carbons (Fsp3) is 0.583. The van der Waals surface area contributed by atoms with Gasteiger partial charge in [-0.2, -0.15) is 4.98 Å². The van der Waals surface area contributed by atoms with E-state index in [1.165, 1.54) is 12.3 Å². The first kappa shape index (κ1) is 14.4. The van der Waals surface area contributed by atoms with Gasteiger partial charge in [0.05, 0.1) is 6.10 Å². The summed E-state index contributed by atoms with van der Waals surface area (Å²) in [6.45, 7) is 4.79. The second kappa shape index (κ2) is 6.90. The van der Waals surface area contributed by atoms with E-state index in [4.69, 9.17) is 9.47 Å². The SMILES string of the molecule is CC(C)OC(=O)c1ccnc(OCCN(C)C)n1. The number of likely N-dealkylation sites (N-methyl/N-ethyl adjacent to an activating group) is 1. The first-order valence-electron chi connectivity index (χ1n) is 5.80. The maximum Gasteiger partial charge on any atom is 0.357 e. The zero-order valence-electron chi connectivity index (χ0n) is 11.2. The Morgan fingerprint density at radius 3 is 2.78 bits per heavy atom. The minimum atomic E-state index is -0.468. The number of carbonyl (C=O) groups is 1. The van der Waals surface area contributed by atoms with Crippen molar-refractivity contribution < 1.29 is 14.3 Å². The molecule has 1 aromatic heterocycles. The van der Waals surface area contributed by atoms with E-state index in [-0.39, 0.29) is 17.8 Å². The Labute approximate surface area is 107 Å². The molecule has 0 spiro atoms. The zero-order chi connectivity index (χ0) is 13.5. The fourth-order valence-electron chi connectivity index (χ4n) is 1.12. The van der Waals surface area contributed by atoms with Gasteiger partial charge in [-0.1, -0.05) is 0 Å². The standard InChI is InChI=1S/C12H19N3O3/c1-9(2)18-11(16)10-5-6-13-12(14-10)17-8-7-15(3)4/h5-6,9H,7-8H2,1-4H3. The molecule has 0 saturated carbocycles. The first-order chi connectivity index (χ1) is 8.49.